The van der Waals surface area contributed by atoms with Gasteiger partial charge in [-0.15, -0.1) is 0 Å². The van der Waals surface area contributed by atoms with Gasteiger partial charge in [0.2, 0.25) is 0 Å². The molecule has 5 aliphatic rings. The maximum absolute atomic E-state index is 12.1. The molecule has 3 saturated carbocycles. The van der Waals surface area contributed by atoms with Crippen molar-refractivity contribution in [1.29, 1.82) is 0 Å². The molecule has 0 aromatic carbocycles. The molecule has 4 fully saturated rings. The summed E-state index contributed by atoms with van der Waals surface area (Å²) in [4.78, 5) is 12.1. The van der Waals surface area contributed by atoms with Gasteiger partial charge in [0.1, 0.15) is 0 Å². The fourth-order valence-corrected chi connectivity index (χ4v) is 8.94. The van der Waals surface area contributed by atoms with E-state index in [-0.39, 0.29) is 16.8 Å². The highest BCUT2D eigenvalue weighted by atomic mass is 16.6. The summed E-state index contributed by atoms with van der Waals surface area (Å²) in [7, 11) is 0. The van der Waals surface area contributed by atoms with Crippen molar-refractivity contribution in [1.82, 2.24) is 0 Å². The molecule has 0 spiro atoms. The summed E-state index contributed by atoms with van der Waals surface area (Å²) in [5, 5.41) is 11.1. The standard InChI is InChI=1S/C27H42O3/c1-16(6-9-24-25(2,3)30-24)19-7-8-20-18-15-23(29)22-14-17(28)10-12-27(22,5)21(18)11-13-26(19,20)4/h14,16,18-21,23-24,29H,6-13,15H2,1-5H3/t16-,18+,19-,20+,21+,23-,24-,26-,27-/m1/s1. The first-order valence-electron chi connectivity index (χ1n) is 12.7. The van der Waals surface area contributed by atoms with Crippen molar-refractivity contribution in [3.63, 3.8) is 0 Å². The number of carbonyl (C=O) groups excluding carboxylic acids is 1. The summed E-state index contributed by atoms with van der Waals surface area (Å²) in [6, 6.07) is 0. The van der Waals surface area contributed by atoms with Crippen molar-refractivity contribution in [2.24, 2.45) is 40.4 Å². The van der Waals surface area contributed by atoms with E-state index in [1.54, 1.807) is 0 Å². The lowest BCUT2D eigenvalue weighted by molar-refractivity contribution is -0.119. The fourth-order valence-electron chi connectivity index (χ4n) is 8.94. The topological polar surface area (TPSA) is 49.8 Å². The minimum atomic E-state index is -0.409. The lowest BCUT2D eigenvalue weighted by atomic mass is 9.46. The highest BCUT2D eigenvalue weighted by Crippen LogP contribution is 2.67. The second kappa shape index (κ2) is 6.91. The molecule has 1 heterocycles. The van der Waals surface area contributed by atoms with E-state index in [2.05, 4.69) is 34.6 Å². The van der Waals surface area contributed by atoms with Crippen LogP contribution in [0.2, 0.25) is 0 Å². The first-order valence-corrected chi connectivity index (χ1v) is 12.7. The lowest BCUT2D eigenvalue weighted by Gasteiger charge is -2.59. The number of ether oxygens (including phenoxy) is 1. The molecule has 3 nitrogen and oxygen atoms in total. The van der Waals surface area contributed by atoms with Crippen molar-refractivity contribution >= 4 is 5.78 Å². The van der Waals surface area contributed by atoms with Gasteiger partial charge < -0.3 is 9.84 Å². The minimum Gasteiger partial charge on any atom is -0.389 e. The Morgan fingerprint density at radius 2 is 1.87 bits per heavy atom. The highest BCUT2D eigenvalue weighted by Gasteiger charge is 2.61. The van der Waals surface area contributed by atoms with E-state index in [0.717, 1.165) is 36.2 Å². The Morgan fingerprint density at radius 1 is 1.13 bits per heavy atom. The van der Waals surface area contributed by atoms with Gasteiger partial charge in [-0.05, 0) is 117 Å². The van der Waals surface area contributed by atoms with Crippen molar-refractivity contribution in [2.45, 2.75) is 110 Å². The van der Waals surface area contributed by atoms with Crippen LogP contribution in [0.5, 0.6) is 0 Å². The number of hydrogen-bond acceptors (Lipinski definition) is 3. The predicted octanol–water partition coefficient (Wildman–Crippen LogP) is 5.70. The van der Waals surface area contributed by atoms with E-state index in [1.165, 1.54) is 38.5 Å². The molecular weight excluding hydrogens is 372 g/mol. The molecule has 9 atom stereocenters. The van der Waals surface area contributed by atoms with Gasteiger partial charge in [0.25, 0.3) is 0 Å². The average molecular weight is 415 g/mol. The van der Waals surface area contributed by atoms with Gasteiger partial charge in [-0.25, -0.2) is 0 Å². The number of aliphatic hydroxyl groups is 1. The van der Waals surface area contributed by atoms with Crippen LogP contribution in [0.1, 0.15) is 92.4 Å². The monoisotopic (exact) mass is 414 g/mol. The van der Waals surface area contributed by atoms with Crippen LogP contribution in [-0.2, 0) is 9.53 Å². The Bertz CT molecular complexity index is 753. The summed E-state index contributed by atoms with van der Waals surface area (Å²) >= 11 is 0. The number of hydrogen-bond donors (Lipinski definition) is 1. The molecular formula is C27H42O3. The zero-order valence-electron chi connectivity index (χ0n) is 19.7. The number of carbonyl (C=O) groups is 1. The summed E-state index contributed by atoms with van der Waals surface area (Å²) < 4.78 is 5.84. The molecule has 1 aliphatic heterocycles. The lowest BCUT2D eigenvalue weighted by Crippen LogP contribution is -2.54. The van der Waals surface area contributed by atoms with Gasteiger partial charge >= 0.3 is 0 Å². The summed E-state index contributed by atoms with van der Waals surface area (Å²) in [5.74, 6) is 3.79. The van der Waals surface area contributed by atoms with Crippen molar-refractivity contribution < 1.29 is 14.6 Å². The van der Waals surface area contributed by atoms with Crippen molar-refractivity contribution in [3.8, 4) is 0 Å². The minimum absolute atomic E-state index is 0.0379. The van der Waals surface area contributed by atoms with E-state index < -0.39 is 6.10 Å². The molecule has 0 aromatic heterocycles. The maximum Gasteiger partial charge on any atom is 0.155 e. The first-order chi connectivity index (χ1) is 14.1. The molecule has 5 rings (SSSR count). The Kier molecular flexibility index (Phi) is 4.88. The fraction of sp³-hybridized carbons (Fsp3) is 0.889. The van der Waals surface area contributed by atoms with Gasteiger partial charge in [-0.3, -0.25) is 4.79 Å². The zero-order valence-corrected chi connectivity index (χ0v) is 19.7. The van der Waals surface area contributed by atoms with Crippen molar-refractivity contribution in [2.75, 3.05) is 0 Å². The van der Waals surface area contributed by atoms with Gasteiger partial charge in [0, 0.05) is 6.42 Å². The predicted molar refractivity (Wildman–Crippen MR) is 119 cm³/mol. The van der Waals surface area contributed by atoms with Crippen LogP contribution in [0.3, 0.4) is 0 Å². The number of aliphatic hydroxyl groups excluding tert-OH is 1. The summed E-state index contributed by atoms with van der Waals surface area (Å²) in [6.07, 6.45) is 12.1. The number of ketones is 1. The summed E-state index contributed by atoms with van der Waals surface area (Å²) in [5.41, 5.74) is 1.64. The van der Waals surface area contributed by atoms with Gasteiger partial charge in [0.05, 0.1) is 17.8 Å². The second-order valence-electron chi connectivity index (χ2n) is 12.6. The molecule has 168 valence electrons. The van der Waals surface area contributed by atoms with E-state index in [9.17, 15) is 9.90 Å². The third-order valence-corrected chi connectivity index (χ3v) is 10.8. The Morgan fingerprint density at radius 3 is 2.57 bits per heavy atom. The zero-order chi connectivity index (χ0) is 21.5. The molecule has 1 saturated heterocycles. The molecule has 4 aliphatic carbocycles. The van der Waals surface area contributed by atoms with Crippen LogP contribution in [0.4, 0.5) is 0 Å². The van der Waals surface area contributed by atoms with Gasteiger partial charge in [0.15, 0.2) is 5.78 Å². The van der Waals surface area contributed by atoms with Crippen LogP contribution in [0.15, 0.2) is 11.6 Å². The van der Waals surface area contributed by atoms with Crippen LogP contribution in [0, 0.1) is 40.4 Å². The molecule has 3 heteroatoms. The average Bonchev–Trinajstić information content (AvgIpc) is 3.12. The summed E-state index contributed by atoms with van der Waals surface area (Å²) in [6.45, 7) is 11.9. The van der Waals surface area contributed by atoms with Gasteiger partial charge in [-0.2, -0.15) is 0 Å². The first kappa shape index (κ1) is 21.2. The van der Waals surface area contributed by atoms with Crippen LogP contribution in [-0.4, -0.2) is 28.7 Å². The SMILES string of the molecule is C[C@H](CC[C@H]1OC1(C)C)[C@H]1CC[C@H]2[C@@H]3C[C@@H](O)C4=CC(=O)CC[C@]4(C)[C@H]3CC[C@]12C. The third kappa shape index (κ3) is 3.09. The van der Waals surface area contributed by atoms with Crippen LogP contribution < -0.4 is 0 Å². The van der Waals surface area contributed by atoms with Crippen LogP contribution >= 0.6 is 0 Å². The Balaban J connectivity index is 1.33. The number of rotatable bonds is 4. The van der Waals surface area contributed by atoms with Crippen LogP contribution in [0.25, 0.3) is 0 Å². The molecule has 0 unspecified atom stereocenters. The van der Waals surface area contributed by atoms with E-state index in [4.69, 9.17) is 4.74 Å². The second-order valence-corrected chi connectivity index (χ2v) is 12.6. The van der Waals surface area contributed by atoms with E-state index in [0.29, 0.717) is 29.8 Å². The molecule has 0 bridgehead atoms. The van der Waals surface area contributed by atoms with Gasteiger partial charge in [-0.1, -0.05) is 20.8 Å². The molecule has 0 amide bonds. The van der Waals surface area contributed by atoms with Crippen molar-refractivity contribution in [3.05, 3.63) is 11.6 Å². The highest BCUT2D eigenvalue weighted by molar-refractivity contribution is 5.91. The smallest absolute Gasteiger partial charge is 0.155 e. The Hall–Kier alpha value is -0.670. The molecule has 0 aromatic rings. The Labute approximate surface area is 183 Å². The van der Waals surface area contributed by atoms with E-state index >= 15 is 0 Å². The largest absolute Gasteiger partial charge is 0.389 e. The molecule has 0 radical (unpaired) electrons. The number of fused-ring (bicyclic) bond motifs is 5. The number of epoxide rings is 1. The third-order valence-electron chi connectivity index (χ3n) is 10.8. The molecule has 1 N–H and O–H groups in total. The molecule has 30 heavy (non-hydrogen) atoms. The quantitative estimate of drug-likeness (QED) is 0.600. The van der Waals surface area contributed by atoms with E-state index in [1.807, 2.05) is 6.08 Å². The maximum atomic E-state index is 12.1. The normalized spacial score (nSPS) is 50.2.